The fourth-order valence-electron chi connectivity index (χ4n) is 3.55. The first-order valence-electron chi connectivity index (χ1n) is 8.83. The number of nitrogens with zero attached hydrogens (tertiary/aromatic N) is 5. The highest BCUT2D eigenvalue weighted by atomic mass is 16.7. The number of amides is 1. The molecule has 9 nitrogen and oxygen atoms in total. The number of rotatable bonds is 4. The van der Waals surface area contributed by atoms with Crippen molar-refractivity contribution in [2.24, 2.45) is 0 Å². The Morgan fingerprint density at radius 1 is 1.30 bits per heavy atom. The standard InChI is InChI=1S/C18H18N6O3/c25-16(8-12-1-2-14-15(7-12)27-11-26-14)21-13-3-5-23(9-13)17-18-22-20-10-24(18)6-4-19-17/h1-2,4,6-7,10,13H,3,5,8-9,11H2,(H,21,25)/t13-/m1/s1. The second-order valence-corrected chi connectivity index (χ2v) is 6.68. The van der Waals surface area contributed by atoms with Gasteiger partial charge in [-0.05, 0) is 24.1 Å². The lowest BCUT2D eigenvalue weighted by atomic mass is 10.1. The zero-order valence-electron chi connectivity index (χ0n) is 14.5. The molecule has 1 N–H and O–H groups in total. The molecule has 2 aliphatic heterocycles. The van der Waals surface area contributed by atoms with E-state index in [1.165, 1.54) is 0 Å². The molecule has 1 atom stereocenters. The van der Waals surface area contributed by atoms with Crippen LogP contribution in [0, 0.1) is 0 Å². The van der Waals surface area contributed by atoms with Crippen LogP contribution in [0.5, 0.6) is 11.5 Å². The number of hydrogen-bond donors (Lipinski definition) is 1. The molecule has 0 radical (unpaired) electrons. The van der Waals surface area contributed by atoms with Gasteiger partial charge in [0.25, 0.3) is 0 Å². The third-order valence-electron chi connectivity index (χ3n) is 4.85. The Bertz CT molecular complexity index is 1000. The summed E-state index contributed by atoms with van der Waals surface area (Å²) in [6.45, 7) is 1.75. The summed E-state index contributed by atoms with van der Waals surface area (Å²) in [5.74, 6) is 2.21. The summed E-state index contributed by atoms with van der Waals surface area (Å²) in [6, 6.07) is 5.67. The molecule has 9 heteroatoms. The van der Waals surface area contributed by atoms with E-state index < -0.39 is 0 Å². The number of aromatic nitrogens is 4. The Kier molecular flexibility index (Phi) is 3.77. The maximum Gasteiger partial charge on any atom is 0.231 e. The van der Waals surface area contributed by atoms with E-state index in [0.29, 0.717) is 18.7 Å². The maximum atomic E-state index is 12.4. The Hall–Kier alpha value is -3.36. The van der Waals surface area contributed by atoms with Crippen LogP contribution < -0.4 is 19.7 Å². The van der Waals surface area contributed by atoms with Gasteiger partial charge >= 0.3 is 0 Å². The second kappa shape index (κ2) is 6.42. The SMILES string of the molecule is O=C(Cc1ccc2c(c1)OCO2)N[C@@H]1CCN(c2nccn3cnnc23)C1. The van der Waals surface area contributed by atoms with Gasteiger partial charge in [0.1, 0.15) is 6.33 Å². The van der Waals surface area contributed by atoms with Crippen molar-refractivity contribution in [2.75, 3.05) is 24.8 Å². The molecule has 1 fully saturated rings. The summed E-state index contributed by atoms with van der Waals surface area (Å²) in [7, 11) is 0. The molecule has 4 heterocycles. The first-order chi connectivity index (χ1) is 13.3. The van der Waals surface area contributed by atoms with Crippen molar-refractivity contribution >= 4 is 17.4 Å². The van der Waals surface area contributed by atoms with E-state index in [9.17, 15) is 4.79 Å². The van der Waals surface area contributed by atoms with E-state index in [0.717, 1.165) is 35.7 Å². The molecule has 3 aromatic rings. The van der Waals surface area contributed by atoms with Crippen LogP contribution in [0.2, 0.25) is 0 Å². The lowest BCUT2D eigenvalue weighted by molar-refractivity contribution is -0.121. The highest BCUT2D eigenvalue weighted by Gasteiger charge is 2.27. The Labute approximate surface area is 154 Å². The minimum Gasteiger partial charge on any atom is -0.454 e. The summed E-state index contributed by atoms with van der Waals surface area (Å²) in [5, 5.41) is 11.2. The van der Waals surface area contributed by atoms with Gasteiger partial charge in [-0.2, -0.15) is 0 Å². The molecule has 2 aliphatic rings. The zero-order valence-corrected chi connectivity index (χ0v) is 14.5. The molecular weight excluding hydrogens is 348 g/mol. The molecule has 2 aromatic heterocycles. The maximum absolute atomic E-state index is 12.4. The van der Waals surface area contributed by atoms with Crippen LogP contribution in [0.3, 0.4) is 0 Å². The highest BCUT2D eigenvalue weighted by Crippen LogP contribution is 2.32. The largest absolute Gasteiger partial charge is 0.454 e. The third kappa shape index (κ3) is 3.01. The normalized spacial score (nSPS) is 18.2. The van der Waals surface area contributed by atoms with Crippen LogP contribution in [0.15, 0.2) is 36.9 Å². The fourth-order valence-corrected chi connectivity index (χ4v) is 3.55. The van der Waals surface area contributed by atoms with Crippen molar-refractivity contribution in [1.29, 1.82) is 0 Å². The second-order valence-electron chi connectivity index (χ2n) is 6.68. The number of hydrogen-bond acceptors (Lipinski definition) is 7. The van der Waals surface area contributed by atoms with Crippen LogP contribution >= 0.6 is 0 Å². The molecule has 0 aliphatic carbocycles. The van der Waals surface area contributed by atoms with Crippen LogP contribution in [-0.2, 0) is 11.2 Å². The summed E-state index contributed by atoms with van der Waals surface area (Å²) >= 11 is 0. The van der Waals surface area contributed by atoms with E-state index in [1.54, 1.807) is 12.5 Å². The molecule has 27 heavy (non-hydrogen) atoms. The van der Waals surface area contributed by atoms with Crippen LogP contribution in [0.25, 0.3) is 5.65 Å². The molecular formula is C18H18N6O3. The predicted molar refractivity (Wildman–Crippen MR) is 95.8 cm³/mol. The lowest BCUT2D eigenvalue weighted by Crippen LogP contribution is -2.38. The van der Waals surface area contributed by atoms with E-state index in [4.69, 9.17) is 9.47 Å². The number of ether oxygens (including phenoxy) is 2. The molecule has 0 spiro atoms. The number of benzene rings is 1. The summed E-state index contributed by atoms with van der Waals surface area (Å²) in [5.41, 5.74) is 1.63. The van der Waals surface area contributed by atoms with Crippen molar-refractivity contribution in [2.45, 2.75) is 18.9 Å². The molecule has 1 amide bonds. The average molecular weight is 366 g/mol. The minimum absolute atomic E-state index is 0.00522. The smallest absolute Gasteiger partial charge is 0.231 e. The first kappa shape index (κ1) is 15.9. The Balaban J connectivity index is 1.22. The van der Waals surface area contributed by atoms with E-state index in [1.807, 2.05) is 28.8 Å². The van der Waals surface area contributed by atoms with Crippen LogP contribution in [0.4, 0.5) is 5.82 Å². The summed E-state index contributed by atoms with van der Waals surface area (Å²) in [6.07, 6.45) is 6.38. The molecule has 1 aromatic carbocycles. The van der Waals surface area contributed by atoms with Crippen molar-refractivity contribution in [3.05, 3.63) is 42.5 Å². The van der Waals surface area contributed by atoms with Gasteiger partial charge in [-0.3, -0.25) is 9.20 Å². The van der Waals surface area contributed by atoms with Gasteiger partial charge < -0.3 is 19.7 Å². The summed E-state index contributed by atoms with van der Waals surface area (Å²) < 4.78 is 12.5. The number of fused-ring (bicyclic) bond motifs is 2. The number of nitrogens with one attached hydrogen (secondary N) is 1. The van der Waals surface area contributed by atoms with Gasteiger partial charge in [0.05, 0.1) is 6.42 Å². The molecule has 0 bridgehead atoms. The zero-order chi connectivity index (χ0) is 18.2. The van der Waals surface area contributed by atoms with Crippen molar-refractivity contribution < 1.29 is 14.3 Å². The Morgan fingerprint density at radius 2 is 2.22 bits per heavy atom. The number of anilines is 1. The monoisotopic (exact) mass is 366 g/mol. The van der Waals surface area contributed by atoms with Crippen LogP contribution in [-0.4, -0.2) is 51.4 Å². The predicted octanol–water partition coefficient (Wildman–Crippen LogP) is 0.791. The quantitative estimate of drug-likeness (QED) is 0.730. The fraction of sp³-hybridized carbons (Fsp3) is 0.333. The van der Waals surface area contributed by atoms with Crippen molar-refractivity contribution in [3.8, 4) is 11.5 Å². The molecule has 5 rings (SSSR count). The number of carbonyl (C=O) groups excluding carboxylic acids is 1. The summed E-state index contributed by atoms with van der Waals surface area (Å²) in [4.78, 5) is 19.0. The average Bonchev–Trinajstić information content (AvgIpc) is 3.41. The lowest BCUT2D eigenvalue weighted by Gasteiger charge is -2.18. The molecule has 1 saturated heterocycles. The van der Waals surface area contributed by atoms with Crippen molar-refractivity contribution in [1.82, 2.24) is 24.9 Å². The van der Waals surface area contributed by atoms with Gasteiger partial charge in [0.2, 0.25) is 18.3 Å². The molecule has 0 unspecified atom stereocenters. The number of carbonyl (C=O) groups is 1. The van der Waals surface area contributed by atoms with Gasteiger partial charge in [-0.1, -0.05) is 6.07 Å². The molecule has 138 valence electrons. The highest BCUT2D eigenvalue weighted by molar-refractivity contribution is 5.79. The van der Waals surface area contributed by atoms with E-state index >= 15 is 0 Å². The first-order valence-corrected chi connectivity index (χ1v) is 8.83. The third-order valence-corrected chi connectivity index (χ3v) is 4.85. The van der Waals surface area contributed by atoms with E-state index in [2.05, 4.69) is 25.4 Å². The van der Waals surface area contributed by atoms with E-state index in [-0.39, 0.29) is 18.7 Å². The van der Waals surface area contributed by atoms with Crippen LogP contribution in [0.1, 0.15) is 12.0 Å². The van der Waals surface area contributed by atoms with Crippen molar-refractivity contribution in [3.63, 3.8) is 0 Å². The minimum atomic E-state index is -0.00522. The van der Waals surface area contributed by atoms with Gasteiger partial charge in [0.15, 0.2) is 17.3 Å². The van der Waals surface area contributed by atoms with Gasteiger partial charge in [0, 0.05) is 31.5 Å². The van der Waals surface area contributed by atoms with Gasteiger partial charge in [-0.15, -0.1) is 10.2 Å². The molecule has 0 saturated carbocycles. The Morgan fingerprint density at radius 3 is 3.19 bits per heavy atom. The topological polar surface area (TPSA) is 93.9 Å². The van der Waals surface area contributed by atoms with Gasteiger partial charge in [-0.25, -0.2) is 4.98 Å².